The van der Waals surface area contributed by atoms with E-state index in [-0.39, 0.29) is 0 Å². The van der Waals surface area contributed by atoms with Gasteiger partial charge < -0.3 is 0 Å². The maximum atomic E-state index is 5.25. The van der Waals surface area contributed by atoms with E-state index in [4.69, 9.17) is 5.84 Å². The van der Waals surface area contributed by atoms with Crippen LogP contribution < -0.4 is 11.3 Å². The highest BCUT2D eigenvalue weighted by atomic mass is 15.2. The first-order valence-electron chi connectivity index (χ1n) is 4.81. The van der Waals surface area contributed by atoms with Gasteiger partial charge in [0.05, 0.1) is 0 Å². The van der Waals surface area contributed by atoms with E-state index < -0.39 is 0 Å². The van der Waals surface area contributed by atoms with Gasteiger partial charge in [0.15, 0.2) is 0 Å². The summed E-state index contributed by atoms with van der Waals surface area (Å²) in [5.41, 5.74) is 2.80. The van der Waals surface area contributed by atoms with E-state index in [9.17, 15) is 0 Å². The first-order valence-corrected chi connectivity index (χ1v) is 4.81. The summed E-state index contributed by atoms with van der Waals surface area (Å²) in [4.78, 5) is 0. The van der Waals surface area contributed by atoms with E-state index in [1.807, 2.05) is 0 Å². The molecule has 3 N–H and O–H groups in total. The van der Waals surface area contributed by atoms with Crippen LogP contribution in [-0.4, -0.2) is 6.04 Å². The molecule has 0 aromatic carbocycles. The van der Waals surface area contributed by atoms with Gasteiger partial charge in [0.2, 0.25) is 0 Å². The highest BCUT2D eigenvalue weighted by Crippen LogP contribution is 2.16. The van der Waals surface area contributed by atoms with Crippen LogP contribution in [0.2, 0.25) is 0 Å². The van der Waals surface area contributed by atoms with Crippen LogP contribution in [0.1, 0.15) is 52.4 Å². The SMILES string of the molecule is CCC.NNC1CCCCC1. The molecule has 0 radical (unpaired) electrons. The molecule has 0 spiro atoms. The van der Waals surface area contributed by atoms with E-state index in [0.29, 0.717) is 6.04 Å². The Morgan fingerprint density at radius 1 is 1.18 bits per heavy atom. The minimum absolute atomic E-state index is 0.615. The van der Waals surface area contributed by atoms with Crippen LogP contribution >= 0.6 is 0 Å². The van der Waals surface area contributed by atoms with Gasteiger partial charge in [-0.15, -0.1) is 0 Å². The first kappa shape index (κ1) is 10.9. The van der Waals surface area contributed by atoms with Crippen LogP contribution in [0.15, 0.2) is 0 Å². The Hall–Kier alpha value is -0.0800. The van der Waals surface area contributed by atoms with E-state index >= 15 is 0 Å². The second-order valence-corrected chi connectivity index (χ2v) is 3.21. The van der Waals surface area contributed by atoms with Crippen molar-refractivity contribution in [2.45, 2.75) is 58.4 Å². The topological polar surface area (TPSA) is 38.0 Å². The van der Waals surface area contributed by atoms with Crippen LogP contribution in [0.5, 0.6) is 0 Å². The number of rotatable bonds is 1. The summed E-state index contributed by atoms with van der Waals surface area (Å²) in [6.45, 7) is 4.25. The van der Waals surface area contributed by atoms with E-state index in [1.54, 1.807) is 0 Å². The Labute approximate surface area is 70.5 Å². The minimum Gasteiger partial charge on any atom is -0.271 e. The molecule has 2 nitrogen and oxygen atoms in total. The summed E-state index contributed by atoms with van der Waals surface area (Å²) in [7, 11) is 0. The molecule has 11 heavy (non-hydrogen) atoms. The molecular weight excluding hydrogens is 136 g/mol. The zero-order chi connectivity index (χ0) is 8.53. The van der Waals surface area contributed by atoms with Crippen molar-refractivity contribution in [3.63, 3.8) is 0 Å². The highest BCUT2D eigenvalue weighted by molar-refractivity contribution is 4.68. The van der Waals surface area contributed by atoms with E-state index in [1.165, 1.54) is 38.5 Å². The second kappa shape index (κ2) is 8.02. The van der Waals surface area contributed by atoms with Crippen molar-refractivity contribution in [2.24, 2.45) is 5.84 Å². The molecule has 0 atom stereocenters. The predicted octanol–water partition coefficient (Wildman–Crippen LogP) is 2.20. The summed E-state index contributed by atoms with van der Waals surface area (Å²) in [6, 6.07) is 0.615. The molecule has 0 bridgehead atoms. The molecule has 0 aliphatic heterocycles. The smallest absolute Gasteiger partial charge is 0.0210 e. The zero-order valence-corrected chi connectivity index (χ0v) is 7.90. The monoisotopic (exact) mass is 158 g/mol. The van der Waals surface area contributed by atoms with Gasteiger partial charge in [0, 0.05) is 6.04 Å². The lowest BCUT2D eigenvalue weighted by atomic mass is 9.96. The molecule has 68 valence electrons. The summed E-state index contributed by atoms with van der Waals surface area (Å²) < 4.78 is 0. The Balaban J connectivity index is 0.000000292. The molecule has 2 heteroatoms. The van der Waals surface area contributed by atoms with Gasteiger partial charge in [-0.05, 0) is 12.8 Å². The largest absolute Gasteiger partial charge is 0.271 e. The number of hydrogen-bond donors (Lipinski definition) is 2. The standard InChI is InChI=1S/C6H14N2.C3H8/c7-8-6-4-2-1-3-5-6;1-3-2/h6,8H,1-5,7H2;3H2,1-2H3. The molecule has 0 heterocycles. The van der Waals surface area contributed by atoms with Crippen molar-refractivity contribution in [1.29, 1.82) is 0 Å². The van der Waals surface area contributed by atoms with Crippen molar-refractivity contribution < 1.29 is 0 Å². The van der Waals surface area contributed by atoms with Crippen molar-refractivity contribution in [1.82, 2.24) is 5.43 Å². The van der Waals surface area contributed by atoms with Crippen molar-refractivity contribution in [3.8, 4) is 0 Å². The average Bonchev–Trinajstić information content (AvgIpc) is 2.08. The third kappa shape index (κ3) is 6.32. The molecule has 0 amide bonds. The third-order valence-electron chi connectivity index (χ3n) is 1.84. The lowest BCUT2D eigenvalue weighted by Crippen LogP contribution is -2.36. The average molecular weight is 158 g/mol. The molecule has 1 aliphatic carbocycles. The van der Waals surface area contributed by atoms with Gasteiger partial charge in [0.1, 0.15) is 0 Å². The summed E-state index contributed by atoms with van der Waals surface area (Å²) in [6.07, 6.45) is 7.91. The molecule has 1 aliphatic rings. The lowest BCUT2D eigenvalue weighted by molar-refractivity contribution is 0.379. The summed E-state index contributed by atoms with van der Waals surface area (Å²) >= 11 is 0. The van der Waals surface area contributed by atoms with Gasteiger partial charge in [-0.2, -0.15) is 0 Å². The van der Waals surface area contributed by atoms with Crippen molar-refractivity contribution in [2.75, 3.05) is 0 Å². The zero-order valence-electron chi connectivity index (χ0n) is 7.90. The van der Waals surface area contributed by atoms with Gasteiger partial charge in [0.25, 0.3) is 0 Å². The van der Waals surface area contributed by atoms with Crippen molar-refractivity contribution >= 4 is 0 Å². The molecule has 1 rings (SSSR count). The van der Waals surface area contributed by atoms with Crippen LogP contribution in [0, 0.1) is 0 Å². The molecule has 0 saturated heterocycles. The van der Waals surface area contributed by atoms with Crippen molar-refractivity contribution in [3.05, 3.63) is 0 Å². The fraction of sp³-hybridized carbons (Fsp3) is 1.00. The summed E-state index contributed by atoms with van der Waals surface area (Å²) in [5.74, 6) is 5.25. The number of nitrogens with two attached hydrogens (primary N) is 1. The van der Waals surface area contributed by atoms with E-state index in [0.717, 1.165) is 0 Å². The van der Waals surface area contributed by atoms with Gasteiger partial charge in [-0.1, -0.05) is 39.5 Å². The maximum Gasteiger partial charge on any atom is 0.0210 e. The fourth-order valence-corrected chi connectivity index (χ4v) is 1.27. The quantitative estimate of drug-likeness (QED) is 0.453. The molecule has 1 fully saturated rings. The number of hydrogen-bond acceptors (Lipinski definition) is 2. The van der Waals surface area contributed by atoms with E-state index in [2.05, 4.69) is 19.3 Å². The number of hydrazine groups is 1. The van der Waals surface area contributed by atoms with Gasteiger partial charge in [-0.3, -0.25) is 11.3 Å². The Morgan fingerprint density at radius 3 is 1.91 bits per heavy atom. The normalized spacial score (nSPS) is 18.8. The van der Waals surface area contributed by atoms with Gasteiger partial charge >= 0.3 is 0 Å². The molecule has 0 aromatic rings. The Morgan fingerprint density at radius 2 is 1.64 bits per heavy atom. The maximum absolute atomic E-state index is 5.25. The number of nitrogens with one attached hydrogen (secondary N) is 1. The molecule has 1 saturated carbocycles. The first-order chi connectivity index (χ1) is 5.35. The van der Waals surface area contributed by atoms with Crippen LogP contribution in [-0.2, 0) is 0 Å². The van der Waals surface area contributed by atoms with Crippen LogP contribution in [0.3, 0.4) is 0 Å². The summed E-state index contributed by atoms with van der Waals surface area (Å²) in [5, 5.41) is 0. The highest BCUT2D eigenvalue weighted by Gasteiger charge is 2.09. The molecule has 0 aromatic heterocycles. The minimum atomic E-state index is 0.615. The molecule has 0 unspecified atom stereocenters. The Kier molecular flexibility index (Phi) is 7.96. The second-order valence-electron chi connectivity index (χ2n) is 3.21. The van der Waals surface area contributed by atoms with Gasteiger partial charge in [-0.25, -0.2) is 0 Å². The van der Waals surface area contributed by atoms with Crippen LogP contribution in [0.4, 0.5) is 0 Å². The van der Waals surface area contributed by atoms with Crippen LogP contribution in [0.25, 0.3) is 0 Å². The molecular formula is C9H22N2. The predicted molar refractivity (Wildman–Crippen MR) is 50.2 cm³/mol. The fourth-order valence-electron chi connectivity index (χ4n) is 1.27. The third-order valence-corrected chi connectivity index (χ3v) is 1.84. The lowest BCUT2D eigenvalue weighted by Gasteiger charge is -2.19. The Bertz CT molecular complexity index is 68.0.